The van der Waals surface area contributed by atoms with Crippen molar-refractivity contribution in [1.29, 1.82) is 0 Å². The minimum absolute atomic E-state index is 0.372. The zero-order chi connectivity index (χ0) is 15.7. The lowest BCUT2D eigenvalue weighted by Crippen LogP contribution is -2.05. The zero-order valence-electron chi connectivity index (χ0n) is 12.6. The lowest BCUT2D eigenvalue weighted by molar-refractivity contribution is 0.0450. The van der Waals surface area contributed by atoms with Crippen molar-refractivity contribution in [3.63, 3.8) is 0 Å². The van der Waals surface area contributed by atoms with Gasteiger partial charge in [0.25, 0.3) is 0 Å². The van der Waals surface area contributed by atoms with Crippen LogP contribution < -0.4 is 14.2 Å². The van der Waals surface area contributed by atoms with E-state index >= 15 is 0 Å². The molecule has 0 aromatic heterocycles. The van der Waals surface area contributed by atoms with Crippen LogP contribution >= 0.6 is 0 Å². The molecular weight excluding hydrogens is 284 g/mol. The van der Waals surface area contributed by atoms with Gasteiger partial charge < -0.3 is 18.9 Å². The fourth-order valence-corrected chi connectivity index (χ4v) is 2.66. The second-order valence-electron chi connectivity index (χ2n) is 4.81. The molecule has 5 nitrogen and oxygen atoms in total. The maximum atomic E-state index is 12.1. The number of cyclic esters (lactones) is 1. The molecule has 0 aliphatic carbocycles. The average molecular weight is 300 g/mol. The molecule has 1 atom stereocenters. The van der Waals surface area contributed by atoms with Gasteiger partial charge in [-0.15, -0.1) is 0 Å². The van der Waals surface area contributed by atoms with E-state index in [1.165, 1.54) is 0 Å². The van der Waals surface area contributed by atoms with Crippen LogP contribution in [0, 0.1) is 0 Å². The van der Waals surface area contributed by atoms with Crippen molar-refractivity contribution < 1.29 is 23.7 Å². The minimum atomic E-state index is -0.580. The second kappa shape index (κ2) is 5.60. The summed E-state index contributed by atoms with van der Waals surface area (Å²) in [5, 5.41) is 0. The largest absolute Gasteiger partial charge is 0.497 e. The number of rotatable bonds is 4. The lowest BCUT2D eigenvalue weighted by Gasteiger charge is -2.17. The molecule has 0 saturated heterocycles. The number of methoxy groups -OCH3 is 3. The third kappa shape index (κ3) is 2.15. The normalized spacial score (nSPS) is 16.0. The zero-order valence-corrected chi connectivity index (χ0v) is 12.6. The number of hydrogen-bond acceptors (Lipinski definition) is 5. The Hall–Kier alpha value is -2.69. The van der Waals surface area contributed by atoms with Crippen LogP contribution in [-0.4, -0.2) is 27.3 Å². The molecule has 3 rings (SSSR count). The van der Waals surface area contributed by atoms with Crippen molar-refractivity contribution >= 4 is 5.97 Å². The molecule has 2 aromatic rings. The fraction of sp³-hybridized carbons (Fsp3) is 0.235. The van der Waals surface area contributed by atoms with E-state index in [0.29, 0.717) is 28.4 Å². The minimum Gasteiger partial charge on any atom is -0.497 e. The number of fused-ring (bicyclic) bond motifs is 1. The molecule has 0 bridgehead atoms. The predicted octanol–water partition coefficient (Wildman–Crippen LogP) is 2.97. The van der Waals surface area contributed by atoms with E-state index in [9.17, 15) is 4.79 Å². The fourth-order valence-electron chi connectivity index (χ4n) is 2.66. The molecule has 0 fully saturated rings. The molecule has 0 N–H and O–H groups in total. The van der Waals surface area contributed by atoms with Crippen LogP contribution in [0.2, 0.25) is 0 Å². The predicted molar refractivity (Wildman–Crippen MR) is 79.8 cm³/mol. The summed E-state index contributed by atoms with van der Waals surface area (Å²) >= 11 is 0. The van der Waals surface area contributed by atoms with Crippen molar-refractivity contribution in [2.45, 2.75) is 6.10 Å². The Kier molecular flexibility index (Phi) is 3.63. The first-order chi connectivity index (χ1) is 10.7. The summed E-state index contributed by atoms with van der Waals surface area (Å²) in [6.45, 7) is 0. The van der Waals surface area contributed by atoms with Gasteiger partial charge in [-0.2, -0.15) is 0 Å². The topological polar surface area (TPSA) is 54.0 Å². The third-order valence-electron chi connectivity index (χ3n) is 3.71. The first-order valence-electron chi connectivity index (χ1n) is 6.79. The van der Waals surface area contributed by atoms with Crippen molar-refractivity contribution in [1.82, 2.24) is 0 Å². The summed E-state index contributed by atoms with van der Waals surface area (Å²) in [4.78, 5) is 12.1. The summed E-state index contributed by atoms with van der Waals surface area (Å²) in [6, 6.07) is 10.7. The Labute approximate surface area is 128 Å². The molecule has 1 aliphatic rings. The smallest absolute Gasteiger partial charge is 0.339 e. The number of esters is 1. The molecule has 1 unspecified atom stereocenters. The van der Waals surface area contributed by atoms with Gasteiger partial charge in [-0.1, -0.05) is 6.07 Å². The monoisotopic (exact) mass is 300 g/mol. The van der Waals surface area contributed by atoms with E-state index in [1.807, 2.05) is 0 Å². The first-order valence-corrected chi connectivity index (χ1v) is 6.79. The van der Waals surface area contributed by atoms with Crippen LogP contribution in [0.5, 0.6) is 17.2 Å². The van der Waals surface area contributed by atoms with Crippen LogP contribution in [0.25, 0.3) is 0 Å². The van der Waals surface area contributed by atoms with E-state index in [4.69, 9.17) is 18.9 Å². The van der Waals surface area contributed by atoms with Crippen LogP contribution in [0.4, 0.5) is 0 Å². The van der Waals surface area contributed by atoms with E-state index in [-0.39, 0.29) is 5.97 Å². The molecule has 5 heteroatoms. The highest BCUT2D eigenvalue weighted by molar-refractivity contribution is 5.95. The van der Waals surface area contributed by atoms with Gasteiger partial charge in [0.05, 0.1) is 32.5 Å². The molecule has 22 heavy (non-hydrogen) atoms. The van der Waals surface area contributed by atoms with Gasteiger partial charge in [0, 0.05) is 5.56 Å². The highest BCUT2D eigenvalue weighted by Crippen LogP contribution is 2.44. The van der Waals surface area contributed by atoms with Crippen LogP contribution in [0.1, 0.15) is 27.6 Å². The van der Waals surface area contributed by atoms with Crippen molar-refractivity contribution in [2.75, 3.05) is 21.3 Å². The van der Waals surface area contributed by atoms with Crippen LogP contribution in [0.3, 0.4) is 0 Å². The summed E-state index contributed by atoms with van der Waals surface area (Å²) in [5.41, 5.74) is 1.94. The maximum absolute atomic E-state index is 12.1. The van der Waals surface area contributed by atoms with Crippen molar-refractivity contribution in [3.05, 3.63) is 53.1 Å². The molecule has 0 amide bonds. The Bertz CT molecular complexity index is 723. The molecule has 1 heterocycles. The quantitative estimate of drug-likeness (QED) is 0.813. The van der Waals surface area contributed by atoms with E-state index in [1.54, 1.807) is 57.7 Å². The standard InChI is InChI=1S/C17H16O5/c1-19-10-7-8-13(20-2)12(9-10)16-15-11(17(18)22-16)5-4-6-14(15)21-3/h4-9,16H,1-3H3. The van der Waals surface area contributed by atoms with Gasteiger partial charge >= 0.3 is 5.97 Å². The molecule has 0 saturated carbocycles. The second-order valence-corrected chi connectivity index (χ2v) is 4.81. The molecule has 0 radical (unpaired) electrons. The molecule has 1 aliphatic heterocycles. The Morgan fingerprint density at radius 2 is 1.73 bits per heavy atom. The van der Waals surface area contributed by atoms with Gasteiger partial charge in [-0.05, 0) is 30.3 Å². The SMILES string of the molecule is COc1ccc(OC)c(C2OC(=O)c3cccc(OC)c32)c1. The molecular formula is C17H16O5. The van der Waals surface area contributed by atoms with Gasteiger partial charge in [0.15, 0.2) is 6.10 Å². The number of hydrogen-bond donors (Lipinski definition) is 0. The van der Waals surface area contributed by atoms with E-state index in [2.05, 4.69) is 0 Å². The summed E-state index contributed by atoms with van der Waals surface area (Å²) in [7, 11) is 4.73. The Balaban J connectivity index is 2.18. The highest BCUT2D eigenvalue weighted by Gasteiger charge is 2.36. The molecule has 2 aromatic carbocycles. The number of carbonyl (C=O) groups excluding carboxylic acids is 1. The van der Waals surface area contributed by atoms with Gasteiger partial charge in [0.1, 0.15) is 17.2 Å². The average Bonchev–Trinajstić information content (AvgIpc) is 2.91. The van der Waals surface area contributed by atoms with Crippen molar-refractivity contribution in [2.24, 2.45) is 0 Å². The van der Waals surface area contributed by atoms with Crippen LogP contribution in [0.15, 0.2) is 36.4 Å². The summed E-state index contributed by atoms with van der Waals surface area (Å²) in [6.07, 6.45) is -0.580. The molecule has 114 valence electrons. The molecule has 0 spiro atoms. The van der Waals surface area contributed by atoms with Gasteiger partial charge in [-0.25, -0.2) is 4.79 Å². The number of benzene rings is 2. The Morgan fingerprint density at radius 3 is 2.41 bits per heavy atom. The Morgan fingerprint density at radius 1 is 0.955 bits per heavy atom. The van der Waals surface area contributed by atoms with Crippen LogP contribution in [-0.2, 0) is 4.74 Å². The number of ether oxygens (including phenoxy) is 4. The van der Waals surface area contributed by atoms with Crippen molar-refractivity contribution in [3.8, 4) is 17.2 Å². The number of carbonyl (C=O) groups is 1. The van der Waals surface area contributed by atoms with E-state index < -0.39 is 6.10 Å². The lowest BCUT2D eigenvalue weighted by atomic mass is 9.97. The summed E-state index contributed by atoms with van der Waals surface area (Å²) in [5.74, 6) is 1.52. The van der Waals surface area contributed by atoms with Gasteiger partial charge in [0.2, 0.25) is 0 Å². The third-order valence-corrected chi connectivity index (χ3v) is 3.71. The summed E-state index contributed by atoms with van der Waals surface area (Å²) < 4.78 is 21.6. The maximum Gasteiger partial charge on any atom is 0.339 e. The highest BCUT2D eigenvalue weighted by atomic mass is 16.6. The van der Waals surface area contributed by atoms with Gasteiger partial charge in [-0.3, -0.25) is 0 Å². The first kappa shape index (κ1) is 14.3. The van der Waals surface area contributed by atoms with E-state index in [0.717, 1.165) is 5.56 Å².